The second-order valence-corrected chi connectivity index (χ2v) is 7.65. The predicted octanol–water partition coefficient (Wildman–Crippen LogP) is 3.87. The second-order valence-electron chi connectivity index (χ2n) is 7.25. The molecule has 2 aromatic carbocycles. The molecule has 0 aromatic heterocycles. The lowest BCUT2D eigenvalue weighted by Crippen LogP contribution is -2.52. The van der Waals surface area contributed by atoms with E-state index in [2.05, 4.69) is 22.8 Å². The van der Waals surface area contributed by atoms with Crippen molar-refractivity contribution in [3.63, 3.8) is 0 Å². The summed E-state index contributed by atoms with van der Waals surface area (Å²) in [6.45, 7) is 0.810. The third kappa shape index (κ3) is 3.45. The molecule has 1 spiro atoms. The molecular formula is C21H22ClN3O2. The molecule has 1 aliphatic carbocycles. The van der Waals surface area contributed by atoms with E-state index in [0.29, 0.717) is 29.6 Å². The Hall–Kier alpha value is -2.37. The van der Waals surface area contributed by atoms with Gasteiger partial charge in [0.2, 0.25) is 0 Å². The number of anilines is 1. The van der Waals surface area contributed by atoms with Crippen molar-refractivity contribution in [2.45, 2.75) is 43.8 Å². The Morgan fingerprint density at radius 2 is 1.70 bits per heavy atom. The Morgan fingerprint density at radius 1 is 1.04 bits per heavy atom. The maximum atomic E-state index is 13.1. The molecular weight excluding hydrogens is 362 g/mol. The minimum absolute atomic E-state index is 0.192. The van der Waals surface area contributed by atoms with Gasteiger partial charge in [-0.15, -0.1) is 0 Å². The molecule has 2 N–H and O–H groups in total. The van der Waals surface area contributed by atoms with Crippen LogP contribution in [0.15, 0.2) is 54.6 Å². The van der Waals surface area contributed by atoms with Gasteiger partial charge in [-0.25, -0.2) is 9.69 Å². The highest BCUT2D eigenvalue weighted by atomic mass is 35.5. The summed E-state index contributed by atoms with van der Waals surface area (Å²) < 4.78 is 0. The van der Waals surface area contributed by atoms with E-state index in [1.807, 2.05) is 18.2 Å². The van der Waals surface area contributed by atoms with Crippen molar-refractivity contribution in [1.29, 1.82) is 0 Å². The van der Waals surface area contributed by atoms with Crippen molar-refractivity contribution in [1.82, 2.24) is 10.6 Å². The first-order valence-corrected chi connectivity index (χ1v) is 9.65. The summed E-state index contributed by atoms with van der Waals surface area (Å²) in [5.74, 6) is -0.192. The Balaban J connectivity index is 1.41. The highest BCUT2D eigenvalue weighted by Crippen LogP contribution is 2.37. The molecule has 5 nitrogen and oxygen atoms in total. The molecule has 140 valence electrons. The lowest BCUT2D eigenvalue weighted by atomic mass is 9.79. The third-order valence-electron chi connectivity index (χ3n) is 5.53. The van der Waals surface area contributed by atoms with Gasteiger partial charge in [0.1, 0.15) is 5.54 Å². The van der Waals surface area contributed by atoms with Crippen LogP contribution in [0.2, 0.25) is 5.02 Å². The number of nitrogens with one attached hydrogen (secondary N) is 2. The van der Waals surface area contributed by atoms with Gasteiger partial charge in [-0.1, -0.05) is 54.1 Å². The summed E-state index contributed by atoms with van der Waals surface area (Å²) in [6, 6.07) is 17.2. The number of amides is 3. The first-order chi connectivity index (χ1) is 13.1. The van der Waals surface area contributed by atoms with E-state index in [4.69, 9.17) is 11.6 Å². The molecule has 0 bridgehead atoms. The standard InChI is InChI=1S/C21H22ClN3O2/c22-17-8-4-5-9-18(17)25-19(26)21(24-20(25)27)12-10-16(11-13-21)23-14-15-6-2-1-3-7-15/h1-9,16,23H,10-14H2,(H,24,27)/t16-,21-. The fraction of sp³-hybridized carbons (Fsp3) is 0.333. The van der Waals surface area contributed by atoms with Crippen LogP contribution in [-0.2, 0) is 11.3 Å². The smallest absolute Gasteiger partial charge is 0.323 e. The molecule has 1 saturated heterocycles. The number of imide groups is 1. The average molecular weight is 384 g/mol. The Labute approximate surface area is 163 Å². The number of carbonyl (C=O) groups excluding carboxylic acids is 2. The van der Waals surface area contributed by atoms with E-state index in [9.17, 15) is 9.59 Å². The third-order valence-corrected chi connectivity index (χ3v) is 5.85. The summed E-state index contributed by atoms with van der Waals surface area (Å²) in [4.78, 5) is 26.8. The van der Waals surface area contributed by atoms with E-state index in [0.717, 1.165) is 19.4 Å². The van der Waals surface area contributed by atoms with Crippen LogP contribution in [0, 0.1) is 0 Å². The normalized spacial score (nSPS) is 25.1. The van der Waals surface area contributed by atoms with Crippen molar-refractivity contribution in [3.8, 4) is 0 Å². The van der Waals surface area contributed by atoms with Crippen molar-refractivity contribution in [2.75, 3.05) is 4.90 Å². The zero-order chi connectivity index (χ0) is 18.9. The molecule has 4 rings (SSSR count). The van der Waals surface area contributed by atoms with Gasteiger partial charge in [-0.3, -0.25) is 4.79 Å². The highest BCUT2D eigenvalue weighted by Gasteiger charge is 2.53. The molecule has 0 atom stereocenters. The number of carbonyl (C=O) groups is 2. The first-order valence-electron chi connectivity index (χ1n) is 9.28. The summed E-state index contributed by atoms with van der Waals surface area (Å²) in [5.41, 5.74) is 0.886. The van der Waals surface area contributed by atoms with Gasteiger partial charge in [0, 0.05) is 12.6 Å². The van der Waals surface area contributed by atoms with Crippen LogP contribution < -0.4 is 15.5 Å². The molecule has 1 saturated carbocycles. The van der Waals surface area contributed by atoms with Crippen LogP contribution in [0.3, 0.4) is 0 Å². The van der Waals surface area contributed by atoms with E-state index >= 15 is 0 Å². The van der Waals surface area contributed by atoms with Crippen molar-refractivity contribution in [2.24, 2.45) is 0 Å². The van der Waals surface area contributed by atoms with Gasteiger partial charge in [0.05, 0.1) is 10.7 Å². The van der Waals surface area contributed by atoms with Crippen LogP contribution in [0.25, 0.3) is 0 Å². The van der Waals surface area contributed by atoms with E-state index in [1.54, 1.807) is 24.3 Å². The molecule has 1 heterocycles. The van der Waals surface area contributed by atoms with Crippen molar-refractivity contribution < 1.29 is 9.59 Å². The van der Waals surface area contributed by atoms with Crippen molar-refractivity contribution in [3.05, 3.63) is 65.2 Å². The second kappa shape index (κ2) is 7.33. The zero-order valence-electron chi connectivity index (χ0n) is 15.0. The summed E-state index contributed by atoms with van der Waals surface area (Å²) in [6.07, 6.45) is 2.94. The number of para-hydroxylation sites is 1. The van der Waals surface area contributed by atoms with Gasteiger partial charge >= 0.3 is 6.03 Å². The molecule has 3 amide bonds. The summed E-state index contributed by atoms with van der Waals surface area (Å²) in [7, 11) is 0. The number of halogens is 1. The molecule has 27 heavy (non-hydrogen) atoms. The Kier molecular flexibility index (Phi) is 4.89. The fourth-order valence-corrected chi connectivity index (χ4v) is 4.20. The number of benzene rings is 2. The number of hydrogen-bond donors (Lipinski definition) is 2. The number of hydrogen-bond acceptors (Lipinski definition) is 3. The van der Waals surface area contributed by atoms with Crippen molar-refractivity contribution >= 4 is 29.2 Å². The van der Waals surface area contributed by atoms with E-state index in [-0.39, 0.29) is 11.9 Å². The zero-order valence-corrected chi connectivity index (χ0v) is 15.7. The molecule has 1 aliphatic heterocycles. The van der Waals surface area contributed by atoms with Crippen LogP contribution >= 0.6 is 11.6 Å². The molecule has 2 aromatic rings. The summed E-state index contributed by atoms with van der Waals surface area (Å²) in [5, 5.41) is 6.90. The average Bonchev–Trinajstić information content (AvgIpc) is 2.92. The molecule has 0 radical (unpaired) electrons. The minimum atomic E-state index is -0.804. The van der Waals surface area contributed by atoms with E-state index in [1.165, 1.54) is 10.5 Å². The quantitative estimate of drug-likeness (QED) is 0.788. The molecule has 2 aliphatic rings. The SMILES string of the molecule is O=C1N[C@]2(CC[C@H](NCc3ccccc3)CC2)C(=O)N1c1ccccc1Cl. The number of urea groups is 1. The van der Waals surface area contributed by atoms with Crippen LogP contribution in [0.1, 0.15) is 31.2 Å². The highest BCUT2D eigenvalue weighted by molar-refractivity contribution is 6.36. The van der Waals surface area contributed by atoms with Gasteiger partial charge in [-0.2, -0.15) is 0 Å². The minimum Gasteiger partial charge on any atom is -0.323 e. The van der Waals surface area contributed by atoms with Gasteiger partial charge < -0.3 is 10.6 Å². The molecule has 2 fully saturated rings. The first kappa shape index (κ1) is 18.0. The van der Waals surface area contributed by atoms with Gasteiger partial charge in [0.25, 0.3) is 5.91 Å². The maximum absolute atomic E-state index is 13.1. The van der Waals surface area contributed by atoms with Crippen LogP contribution in [-0.4, -0.2) is 23.5 Å². The van der Waals surface area contributed by atoms with Gasteiger partial charge in [-0.05, 0) is 43.4 Å². The number of rotatable bonds is 4. The van der Waals surface area contributed by atoms with Gasteiger partial charge in [0.15, 0.2) is 0 Å². The van der Waals surface area contributed by atoms with Crippen LogP contribution in [0.5, 0.6) is 0 Å². The number of nitrogens with zero attached hydrogens (tertiary/aromatic N) is 1. The monoisotopic (exact) mass is 383 g/mol. The maximum Gasteiger partial charge on any atom is 0.329 e. The predicted molar refractivity (Wildman–Crippen MR) is 106 cm³/mol. The largest absolute Gasteiger partial charge is 0.329 e. The molecule has 0 unspecified atom stereocenters. The lowest BCUT2D eigenvalue weighted by Gasteiger charge is -2.35. The topological polar surface area (TPSA) is 61.4 Å². The van der Waals surface area contributed by atoms with E-state index < -0.39 is 5.54 Å². The summed E-state index contributed by atoms with van der Waals surface area (Å²) >= 11 is 6.20. The Morgan fingerprint density at radius 3 is 2.41 bits per heavy atom. The Bertz CT molecular complexity index is 848. The lowest BCUT2D eigenvalue weighted by molar-refractivity contribution is -0.123. The van der Waals surface area contributed by atoms with Crippen LogP contribution in [0.4, 0.5) is 10.5 Å². The fourth-order valence-electron chi connectivity index (χ4n) is 3.98. The molecule has 6 heteroatoms.